The lowest BCUT2D eigenvalue weighted by Crippen LogP contribution is -2.45. The van der Waals surface area contributed by atoms with Crippen molar-refractivity contribution in [1.29, 1.82) is 0 Å². The SMILES string of the molecule is Cl.Cl.Fc1ccccc1[C@@H](CC1CC1)N1CCNCC1. The highest BCUT2D eigenvalue weighted by Crippen LogP contribution is 2.40. The van der Waals surface area contributed by atoms with Crippen LogP contribution in [0.25, 0.3) is 0 Å². The Labute approximate surface area is 132 Å². The molecule has 20 heavy (non-hydrogen) atoms. The Kier molecular flexibility index (Phi) is 7.24. The quantitative estimate of drug-likeness (QED) is 0.914. The fraction of sp³-hybridized carbons (Fsp3) is 0.600. The van der Waals surface area contributed by atoms with Crippen molar-refractivity contribution >= 4 is 24.8 Å². The van der Waals surface area contributed by atoms with Gasteiger partial charge in [-0.1, -0.05) is 31.0 Å². The number of nitrogens with one attached hydrogen (secondary N) is 1. The van der Waals surface area contributed by atoms with E-state index in [-0.39, 0.29) is 36.7 Å². The highest BCUT2D eigenvalue weighted by atomic mass is 35.5. The van der Waals surface area contributed by atoms with Gasteiger partial charge in [-0.05, 0) is 18.4 Å². The third-order valence-corrected chi connectivity index (χ3v) is 4.11. The Morgan fingerprint density at radius 3 is 2.40 bits per heavy atom. The summed E-state index contributed by atoms with van der Waals surface area (Å²) < 4.78 is 14.0. The Balaban J connectivity index is 0.000001000. The molecule has 1 heterocycles. The van der Waals surface area contributed by atoms with Crippen LogP contribution >= 0.6 is 24.8 Å². The van der Waals surface area contributed by atoms with Crippen molar-refractivity contribution in [2.24, 2.45) is 5.92 Å². The lowest BCUT2D eigenvalue weighted by Gasteiger charge is -2.35. The highest BCUT2D eigenvalue weighted by Gasteiger charge is 2.31. The molecule has 1 aliphatic carbocycles. The molecule has 0 bridgehead atoms. The van der Waals surface area contributed by atoms with E-state index in [1.807, 2.05) is 12.1 Å². The third-order valence-electron chi connectivity index (χ3n) is 4.11. The van der Waals surface area contributed by atoms with Crippen molar-refractivity contribution in [3.8, 4) is 0 Å². The molecule has 1 N–H and O–H groups in total. The summed E-state index contributed by atoms with van der Waals surface area (Å²) in [5.74, 6) is 0.783. The van der Waals surface area contributed by atoms with Crippen LogP contribution in [-0.4, -0.2) is 31.1 Å². The first-order chi connectivity index (χ1) is 8.84. The topological polar surface area (TPSA) is 15.3 Å². The Morgan fingerprint density at radius 2 is 1.80 bits per heavy atom. The van der Waals surface area contributed by atoms with Crippen LogP contribution in [0.15, 0.2) is 24.3 Å². The molecule has 114 valence electrons. The van der Waals surface area contributed by atoms with Crippen LogP contribution in [0.1, 0.15) is 30.9 Å². The number of rotatable bonds is 4. The number of hydrogen-bond donors (Lipinski definition) is 1. The average Bonchev–Trinajstić information content (AvgIpc) is 3.22. The van der Waals surface area contributed by atoms with Gasteiger partial charge in [-0.15, -0.1) is 24.8 Å². The van der Waals surface area contributed by atoms with E-state index < -0.39 is 0 Å². The van der Waals surface area contributed by atoms with E-state index in [1.54, 1.807) is 12.1 Å². The first-order valence-electron chi connectivity index (χ1n) is 7.04. The minimum absolute atomic E-state index is 0. The van der Waals surface area contributed by atoms with Crippen LogP contribution in [0.5, 0.6) is 0 Å². The molecule has 0 spiro atoms. The van der Waals surface area contributed by atoms with E-state index in [0.717, 1.165) is 44.1 Å². The van der Waals surface area contributed by atoms with Crippen molar-refractivity contribution in [1.82, 2.24) is 10.2 Å². The third kappa shape index (κ3) is 4.32. The van der Waals surface area contributed by atoms with Gasteiger partial charge in [0, 0.05) is 37.8 Å². The summed E-state index contributed by atoms with van der Waals surface area (Å²) in [7, 11) is 0. The number of nitrogens with zero attached hydrogens (tertiary/aromatic N) is 1. The predicted octanol–water partition coefficient (Wildman–Crippen LogP) is 3.42. The van der Waals surface area contributed by atoms with Gasteiger partial charge in [0.15, 0.2) is 0 Å². The average molecular weight is 321 g/mol. The van der Waals surface area contributed by atoms with Crippen molar-refractivity contribution < 1.29 is 4.39 Å². The zero-order chi connectivity index (χ0) is 12.4. The van der Waals surface area contributed by atoms with E-state index in [4.69, 9.17) is 0 Å². The molecular formula is C15H23Cl2FN2. The maximum Gasteiger partial charge on any atom is 0.127 e. The van der Waals surface area contributed by atoms with Crippen LogP contribution in [0.4, 0.5) is 4.39 Å². The highest BCUT2D eigenvalue weighted by molar-refractivity contribution is 5.85. The van der Waals surface area contributed by atoms with E-state index >= 15 is 0 Å². The van der Waals surface area contributed by atoms with Crippen LogP contribution in [0.2, 0.25) is 0 Å². The maximum atomic E-state index is 14.0. The number of hydrogen-bond acceptors (Lipinski definition) is 2. The van der Waals surface area contributed by atoms with Crippen molar-refractivity contribution in [3.63, 3.8) is 0 Å². The monoisotopic (exact) mass is 320 g/mol. The van der Waals surface area contributed by atoms with Gasteiger partial charge in [-0.25, -0.2) is 4.39 Å². The largest absolute Gasteiger partial charge is 0.314 e. The second-order valence-corrected chi connectivity index (χ2v) is 5.50. The van der Waals surface area contributed by atoms with E-state index in [0.29, 0.717) is 0 Å². The van der Waals surface area contributed by atoms with Crippen molar-refractivity contribution in [2.75, 3.05) is 26.2 Å². The summed E-state index contributed by atoms with van der Waals surface area (Å²) in [6.45, 7) is 4.11. The van der Waals surface area contributed by atoms with Crippen LogP contribution in [0.3, 0.4) is 0 Å². The minimum Gasteiger partial charge on any atom is -0.314 e. The van der Waals surface area contributed by atoms with Crippen LogP contribution < -0.4 is 5.32 Å². The summed E-state index contributed by atoms with van der Waals surface area (Å²) in [4.78, 5) is 2.45. The Morgan fingerprint density at radius 1 is 1.15 bits per heavy atom. The summed E-state index contributed by atoms with van der Waals surface area (Å²) >= 11 is 0. The van der Waals surface area contributed by atoms with Gasteiger partial charge in [-0.3, -0.25) is 4.90 Å². The van der Waals surface area contributed by atoms with Gasteiger partial charge in [0.05, 0.1) is 0 Å². The molecule has 1 aliphatic heterocycles. The zero-order valence-electron chi connectivity index (χ0n) is 11.6. The second kappa shape index (κ2) is 8.18. The minimum atomic E-state index is -0.0401. The van der Waals surface area contributed by atoms with Gasteiger partial charge in [0.1, 0.15) is 5.82 Å². The fourth-order valence-corrected chi connectivity index (χ4v) is 2.88. The van der Waals surface area contributed by atoms with Crippen molar-refractivity contribution in [2.45, 2.75) is 25.3 Å². The lowest BCUT2D eigenvalue weighted by molar-refractivity contribution is 0.157. The standard InChI is InChI=1S/C15H21FN2.2ClH/c16-14-4-2-1-3-13(14)15(11-12-5-6-12)18-9-7-17-8-10-18;;/h1-4,12,15,17H,5-11H2;2*1H/t15-;;/m1../s1. The van der Waals surface area contributed by atoms with Gasteiger partial charge in [0.25, 0.3) is 0 Å². The molecule has 3 rings (SSSR count). The smallest absolute Gasteiger partial charge is 0.127 e. The molecular weight excluding hydrogens is 298 g/mol. The second-order valence-electron chi connectivity index (χ2n) is 5.50. The molecule has 0 radical (unpaired) electrons. The Hall–Kier alpha value is -0.350. The van der Waals surface area contributed by atoms with E-state index in [2.05, 4.69) is 10.2 Å². The predicted molar refractivity (Wildman–Crippen MR) is 85.4 cm³/mol. The first-order valence-corrected chi connectivity index (χ1v) is 7.04. The molecule has 1 saturated heterocycles. The first kappa shape index (κ1) is 17.7. The van der Waals surface area contributed by atoms with Crippen LogP contribution in [-0.2, 0) is 0 Å². The number of benzene rings is 1. The zero-order valence-corrected chi connectivity index (χ0v) is 13.2. The van der Waals surface area contributed by atoms with Gasteiger partial charge < -0.3 is 5.32 Å². The molecule has 1 aromatic carbocycles. The van der Waals surface area contributed by atoms with Gasteiger partial charge in [0.2, 0.25) is 0 Å². The number of piperazine rings is 1. The normalized spacial score (nSPS) is 20.6. The summed E-state index contributed by atoms with van der Waals surface area (Å²) in [6, 6.07) is 7.58. The molecule has 1 aromatic rings. The molecule has 1 atom stereocenters. The van der Waals surface area contributed by atoms with Crippen molar-refractivity contribution in [3.05, 3.63) is 35.6 Å². The molecule has 0 unspecified atom stereocenters. The molecule has 2 fully saturated rings. The molecule has 2 nitrogen and oxygen atoms in total. The summed E-state index contributed by atoms with van der Waals surface area (Å²) in [5.41, 5.74) is 0.895. The summed E-state index contributed by atoms with van der Waals surface area (Å²) in [5, 5.41) is 3.37. The van der Waals surface area contributed by atoms with E-state index in [9.17, 15) is 4.39 Å². The van der Waals surface area contributed by atoms with Gasteiger partial charge >= 0.3 is 0 Å². The molecule has 0 aromatic heterocycles. The maximum absolute atomic E-state index is 14.0. The molecule has 1 saturated carbocycles. The number of halogens is 3. The lowest BCUT2D eigenvalue weighted by atomic mass is 9.98. The van der Waals surface area contributed by atoms with Crippen LogP contribution in [0, 0.1) is 11.7 Å². The van der Waals surface area contributed by atoms with E-state index in [1.165, 1.54) is 12.8 Å². The Bertz CT molecular complexity index is 407. The fourth-order valence-electron chi connectivity index (χ4n) is 2.88. The molecule has 5 heteroatoms. The van der Waals surface area contributed by atoms with Gasteiger partial charge in [-0.2, -0.15) is 0 Å². The molecule has 2 aliphatic rings. The summed E-state index contributed by atoms with van der Waals surface area (Å²) in [6.07, 6.45) is 3.79. The molecule has 0 amide bonds.